The van der Waals surface area contributed by atoms with Crippen molar-refractivity contribution in [1.29, 1.82) is 0 Å². The number of likely N-dealkylation sites (tertiary alicyclic amines) is 1. The Labute approximate surface area is 135 Å². The van der Waals surface area contributed by atoms with Crippen molar-refractivity contribution in [2.24, 2.45) is 5.92 Å². The number of amides is 1. The number of pyridine rings is 1. The fraction of sp³-hybridized carbons (Fsp3) is 0.412. The Hall–Kier alpha value is -2.50. The first-order chi connectivity index (χ1) is 11.2. The zero-order chi connectivity index (χ0) is 16.2. The molecule has 0 saturated carbocycles. The molecule has 2 unspecified atom stereocenters. The third kappa shape index (κ3) is 3.02. The molecule has 1 aliphatic heterocycles. The SMILES string of the molecule is CCC1C(=O)C(=O)N(CCCn2ccnc2)C1c1ccccn1. The Morgan fingerprint density at radius 1 is 1.17 bits per heavy atom. The van der Waals surface area contributed by atoms with Gasteiger partial charge in [0.1, 0.15) is 0 Å². The van der Waals surface area contributed by atoms with Crippen molar-refractivity contribution in [3.05, 3.63) is 48.8 Å². The monoisotopic (exact) mass is 312 g/mol. The number of rotatable bonds is 6. The minimum atomic E-state index is -0.377. The van der Waals surface area contributed by atoms with E-state index in [1.807, 2.05) is 35.9 Å². The Morgan fingerprint density at radius 3 is 2.70 bits per heavy atom. The fourth-order valence-corrected chi connectivity index (χ4v) is 3.20. The molecule has 3 heterocycles. The smallest absolute Gasteiger partial charge is 0.290 e. The zero-order valence-corrected chi connectivity index (χ0v) is 13.1. The predicted octanol–water partition coefficient (Wildman–Crippen LogP) is 1.85. The number of aryl methyl sites for hydroxylation is 1. The van der Waals surface area contributed by atoms with E-state index in [4.69, 9.17) is 0 Å². The van der Waals surface area contributed by atoms with Gasteiger partial charge < -0.3 is 9.47 Å². The topological polar surface area (TPSA) is 68.1 Å². The maximum Gasteiger partial charge on any atom is 0.290 e. The highest BCUT2D eigenvalue weighted by molar-refractivity contribution is 6.39. The van der Waals surface area contributed by atoms with E-state index < -0.39 is 0 Å². The summed E-state index contributed by atoms with van der Waals surface area (Å²) in [6.45, 7) is 3.25. The van der Waals surface area contributed by atoms with Crippen molar-refractivity contribution in [2.45, 2.75) is 32.4 Å². The van der Waals surface area contributed by atoms with Gasteiger partial charge in [0.2, 0.25) is 5.78 Å². The van der Waals surface area contributed by atoms with E-state index in [9.17, 15) is 9.59 Å². The summed E-state index contributed by atoms with van der Waals surface area (Å²) in [5.74, 6) is -0.963. The number of hydrogen-bond donors (Lipinski definition) is 0. The molecule has 0 aromatic carbocycles. The normalized spacial score (nSPS) is 21.2. The highest BCUT2D eigenvalue weighted by Crippen LogP contribution is 2.36. The van der Waals surface area contributed by atoms with Gasteiger partial charge in [-0.25, -0.2) is 4.98 Å². The molecule has 3 rings (SSSR count). The van der Waals surface area contributed by atoms with Gasteiger partial charge in [0.15, 0.2) is 0 Å². The first kappa shape index (κ1) is 15.4. The van der Waals surface area contributed by atoms with Crippen LogP contribution in [0.1, 0.15) is 31.5 Å². The molecule has 23 heavy (non-hydrogen) atoms. The summed E-state index contributed by atoms with van der Waals surface area (Å²) >= 11 is 0. The summed E-state index contributed by atoms with van der Waals surface area (Å²) in [5, 5.41) is 0. The van der Waals surface area contributed by atoms with Crippen molar-refractivity contribution in [1.82, 2.24) is 19.4 Å². The van der Waals surface area contributed by atoms with Gasteiger partial charge >= 0.3 is 0 Å². The van der Waals surface area contributed by atoms with Gasteiger partial charge in [0, 0.05) is 31.7 Å². The quantitative estimate of drug-likeness (QED) is 0.763. The van der Waals surface area contributed by atoms with Crippen LogP contribution in [0.3, 0.4) is 0 Å². The fourth-order valence-electron chi connectivity index (χ4n) is 3.20. The van der Waals surface area contributed by atoms with Crippen LogP contribution in [-0.2, 0) is 16.1 Å². The Kier molecular flexibility index (Phi) is 4.50. The van der Waals surface area contributed by atoms with Crippen molar-refractivity contribution < 1.29 is 9.59 Å². The van der Waals surface area contributed by atoms with E-state index in [-0.39, 0.29) is 23.7 Å². The van der Waals surface area contributed by atoms with Crippen molar-refractivity contribution in [2.75, 3.05) is 6.54 Å². The van der Waals surface area contributed by atoms with E-state index >= 15 is 0 Å². The molecule has 1 aliphatic rings. The number of ketones is 1. The molecule has 0 aliphatic carbocycles. The van der Waals surface area contributed by atoms with Crippen molar-refractivity contribution >= 4 is 11.7 Å². The van der Waals surface area contributed by atoms with Gasteiger partial charge in [-0.3, -0.25) is 14.6 Å². The van der Waals surface area contributed by atoms with Crippen LogP contribution in [0.4, 0.5) is 0 Å². The van der Waals surface area contributed by atoms with Crippen LogP contribution >= 0.6 is 0 Å². The van der Waals surface area contributed by atoms with Gasteiger partial charge in [0.25, 0.3) is 5.91 Å². The number of nitrogens with zero attached hydrogens (tertiary/aromatic N) is 4. The lowest BCUT2D eigenvalue weighted by Gasteiger charge is -2.26. The molecule has 6 heteroatoms. The zero-order valence-electron chi connectivity index (χ0n) is 13.1. The van der Waals surface area contributed by atoms with Crippen LogP contribution in [-0.4, -0.2) is 37.7 Å². The average Bonchev–Trinajstić information content (AvgIpc) is 3.17. The minimum absolute atomic E-state index is 0.246. The summed E-state index contributed by atoms with van der Waals surface area (Å²) in [6.07, 6.45) is 8.50. The summed E-state index contributed by atoms with van der Waals surface area (Å²) in [4.78, 5) is 34.7. The molecule has 2 aromatic rings. The Bertz CT molecular complexity index is 669. The second-order valence-electron chi connectivity index (χ2n) is 5.73. The van der Waals surface area contributed by atoms with Gasteiger partial charge in [-0.05, 0) is 25.0 Å². The molecule has 1 amide bonds. The molecule has 0 bridgehead atoms. The van der Waals surface area contributed by atoms with E-state index in [1.165, 1.54) is 0 Å². The van der Waals surface area contributed by atoms with Crippen LogP contribution in [0.15, 0.2) is 43.1 Å². The van der Waals surface area contributed by atoms with Crippen molar-refractivity contribution in [3.63, 3.8) is 0 Å². The van der Waals surface area contributed by atoms with Crippen molar-refractivity contribution in [3.8, 4) is 0 Å². The van der Waals surface area contributed by atoms with Crippen LogP contribution in [0.5, 0.6) is 0 Å². The standard InChI is InChI=1S/C17H20N4O2/c1-2-13-15(14-6-3-4-7-19-14)21(17(23)16(13)22)10-5-9-20-11-8-18-12-20/h3-4,6-8,11-13,15H,2,5,9-10H2,1H3. The molecule has 120 valence electrons. The first-order valence-corrected chi connectivity index (χ1v) is 7.94. The molecule has 0 spiro atoms. The molecule has 6 nitrogen and oxygen atoms in total. The molecule has 2 aromatic heterocycles. The van der Waals surface area contributed by atoms with Gasteiger partial charge in [-0.15, -0.1) is 0 Å². The van der Waals surface area contributed by atoms with E-state index in [0.717, 1.165) is 18.7 Å². The second-order valence-corrected chi connectivity index (χ2v) is 5.73. The van der Waals surface area contributed by atoms with Gasteiger partial charge in [-0.1, -0.05) is 13.0 Å². The summed E-state index contributed by atoms with van der Waals surface area (Å²) < 4.78 is 1.97. The van der Waals surface area contributed by atoms with E-state index in [2.05, 4.69) is 9.97 Å². The lowest BCUT2D eigenvalue weighted by Crippen LogP contribution is -2.31. The Balaban J connectivity index is 1.77. The molecular weight excluding hydrogens is 292 g/mol. The van der Waals surface area contributed by atoms with E-state index in [1.54, 1.807) is 23.6 Å². The van der Waals surface area contributed by atoms with Gasteiger partial charge in [0.05, 0.1) is 24.0 Å². The molecule has 0 radical (unpaired) electrons. The maximum atomic E-state index is 12.4. The maximum absolute atomic E-state index is 12.4. The third-order valence-corrected chi connectivity index (χ3v) is 4.33. The number of Topliss-reactive ketones (excluding diaryl/α,β-unsaturated/α-hetero) is 1. The average molecular weight is 312 g/mol. The number of imidazole rings is 1. The molecule has 1 saturated heterocycles. The second kappa shape index (κ2) is 6.73. The summed E-state index contributed by atoms with van der Waals surface area (Å²) in [5.41, 5.74) is 0.793. The highest BCUT2D eigenvalue weighted by atomic mass is 16.2. The third-order valence-electron chi connectivity index (χ3n) is 4.33. The number of carbonyl (C=O) groups excluding carboxylic acids is 2. The predicted molar refractivity (Wildman–Crippen MR) is 84.3 cm³/mol. The summed E-state index contributed by atoms with van der Waals surface area (Å²) in [7, 11) is 0. The molecule has 2 atom stereocenters. The number of hydrogen-bond acceptors (Lipinski definition) is 4. The highest BCUT2D eigenvalue weighted by Gasteiger charge is 2.47. The lowest BCUT2D eigenvalue weighted by atomic mass is 9.93. The number of aromatic nitrogens is 3. The molecule has 1 fully saturated rings. The lowest BCUT2D eigenvalue weighted by molar-refractivity contribution is -0.141. The summed E-state index contributed by atoms with van der Waals surface area (Å²) in [6, 6.07) is 5.38. The number of carbonyl (C=O) groups is 2. The largest absolute Gasteiger partial charge is 0.337 e. The van der Waals surface area contributed by atoms with Crippen LogP contribution in [0.25, 0.3) is 0 Å². The van der Waals surface area contributed by atoms with Crippen LogP contribution < -0.4 is 0 Å². The van der Waals surface area contributed by atoms with Crippen LogP contribution in [0.2, 0.25) is 0 Å². The molecular formula is C17H20N4O2. The molecule has 0 N–H and O–H groups in total. The van der Waals surface area contributed by atoms with Gasteiger partial charge in [-0.2, -0.15) is 0 Å². The van der Waals surface area contributed by atoms with E-state index in [0.29, 0.717) is 13.0 Å². The minimum Gasteiger partial charge on any atom is -0.337 e. The Morgan fingerprint density at radius 2 is 2.04 bits per heavy atom. The first-order valence-electron chi connectivity index (χ1n) is 7.94. The van der Waals surface area contributed by atoms with Crippen LogP contribution in [0, 0.1) is 5.92 Å².